The number of nitriles is 1. The molecule has 0 spiro atoms. The Labute approximate surface area is 324 Å². The largest absolute Gasteiger partial charge is 0.497 e. The normalized spacial score (nSPS) is 16.5. The number of carbonyl (C=O) groups excluding carboxylic acids is 1. The lowest BCUT2D eigenvalue weighted by molar-refractivity contribution is 0.0122. The molecule has 0 saturated carbocycles. The highest BCUT2D eigenvalue weighted by atomic mass is 19.1. The van der Waals surface area contributed by atoms with Gasteiger partial charge >= 0.3 is 12.2 Å². The summed E-state index contributed by atoms with van der Waals surface area (Å²) in [6.07, 6.45) is -0.220. The SMILES string of the molecule is COc1ccc(CN(Cc2ccc(OC)cc2)c2cc(C)cc(-c3c(F)cc4c(N5C[C@H]6CC[C@@H](C5)N6C(=O)OC(C)(C)C)nc(F)nc4c3F)c2C#N)cc1. The molecular weight excluding hydrogens is 722 g/mol. The Morgan fingerprint density at radius 1 is 0.893 bits per heavy atom. The first kappa shape index (κ1) is 38.3. The number of fused-ring (bicyclic) bond motifs is 3. The number of halogens is 3. The molecule has 1 aromatic heterocycles. The van der Waals surface area contributed by atoms with Crippen LogP contribution in [0.5, 0.6) is 11.5 Å². The van der Waals surface area contributed by atoms with Crippen molar-refractivity contribution in [1.29, 1.82) is 5.26 Å². The minimum absolute atomic E-state index is 0.0118. The molecule has 2 aliphatic heterocycles. The highest BCUT2D eigenvalue weighted by Gasteiger charge is 2.45. The Balaban J connectivity index is 1.30. The van der Waals surface area contributed by atoms with Gasteiger partial charge in [0.2, 0.25) is 0 Å². The van der Waals surface area contributed by atoms with Crippen molar-refractivity contribution in [3.63, 3.8) is 0 Å². The van der Waals surface area contributed by atoms with E-state index >= 15 is 13.2 Å². The summed E-state index contributed by atoms with van der Waals surface area (Å²) in [6.45, 7) is 8.42. The van der Waals surface area contributed by atoms with Crippen LogP contribution in [-0.4, -0.2) is 66.0 Å². The molecule has 1 amide bonds. The first-order valence-electron chi connectivity index (χ1n) is 18.4. The average Bonchev–Trinajstić information content (AvgIpc) is 3.43. The molecule has 0 radical (unpaired) electrons. The summed E-state index contributed by atoms with van der Waals surface area (Å²) in [6, 6.07) is 21.2. The lowest BCUT2D eigenvalue weighted by atomic mass is 9.93. The summed E-state index contributed by atoms with van der Waals surface area (Å²) in [5.41, 5.74) is 1.40. The molecule has 2 atom stereocenters. The van der Waals surface area contributed by atoms with E-state index in [9.17, 15) is 10.1 Å². The Bertz CT molecular complexity index is 2260. The number of methoxy groups -OCH3 is 2. The van der Waals surface area contributed by atoms with Crippen molar-refractivity contribution in [3.8, 4) is 28.7 Å². The third kappa shape index (κ3) is 7.60. The number of anilines is 2. The molecule has 2 aliphatic rings. The molecule has 2 bridgehead atoms. The summed E-state index contributed by atoms with van der Waals surface area (Å²) in [4.78, 5) is 26.4. The maximum Gasteiger partial charge on any atom is 0.410 e. The van der Waals surface area contributed by atoms with Gasteiger partial charge in [-0.3, -0.25) is 4.90 Å². The van der Waals surface area contributed by atoms with E-state index in [2.05, 4.69) is 16.0 Å². The van der Waals surface area contributed by atoms with Crippen molar-refractivity contribution in [3.05, 3.63) is 107 Å². The summed E-state index contributed by atoms with van der Waals surface area (Å²) in [7, 11) is 3.17. The summed E-state index contributed by atoms with van der Waals surface area (Å²) < 4.78 is 65.1. The van der Waals surface area contributed by atoms with Crippen molar-refractivity contribution in [2.75, 3.05) is 37.1 Å². The molecule has 0 N–H and O–H groups in total. The molecule has 5 aromatic rings. The number of nitrogens with zero attached hydrogens (tertiary/aromatic N) is 6. The number of carbonyl (C=O) groups is 1. The minimum Gasteiger partial charge on any atom is -0.497 e. The molecule has 56 heavy (non-hydrogen) atoms. The maximum absolute atomic E-state index is 16.9. The predicted molar refractivity (Wildman–Crippen MR) is 207 cm³/mol. The molecule has 13 heteroatoms. The van der Waals surface area contributed by atoms with Crippen molar-refractivity contribution < 1.29 is 32.2 Å². The third-order valence-electron chi connectivity index (χ3n) is 10.3. The van der Waals surface area contributed by atoms with E-state index in [1.807, 2.05) is 59.5 Å². The number of piperazine rings is 1. The van der Waals surface area contributed by atoms with E-state index in [1.165, 1.54) is 0 Å². The number of ether oxygens (including phenoxy) is 3. The molecule has 290 valence electrons. The van der Waals surface area contributed by atoms with Crippen LogP contribution in [0.4, 0.5) is 29.5 Å². The van der Waals surface area contributed by atoms with Gasteiger partial charge in [-0.15, -0.1) is 0 Å². The number of aryl methyl sites for hydroxylation is 1. The molecule has 7 rings (SSSR count). The Kier molecular flexibility index (Phi) is 10.4. The van der Waals surface area contributed by atoms with Crippen LogP contribution in [0, 0.1) is 36.0 Å². The maximum atomic E-state index is 16.9. The summed E-state index contributed by atoms with van der Waals surface area (Å²) in [5.74, 6) is -0.651. The van der Waals surface area contributed by atoms with Crippen molar-refractivity contribution in [1.82, 2.24) is 14.9 Å². The molecule has 4 aromatic carbocycles. The number of hydrogen-bond donors (Lipinski definition) is 0. The average molecular weight is 765 g/mol. The second-order valence-corrected chi connectivity index (χ2v) is 15.3. The fraction of sp³-hybridized carbons (Fsp3) is 0.349. The zero-order valence-electron chi connectivity index (χ0n) is 32.2. The molecular formula is C43H43F3N6O4. The van der Waals surface area contributed by atoms with Gasteiger partial charge in [-0.1, -0.05) is 24.3 Å². The second-order valence-electron chi connectivity index (χ2n) is 15.3. The number of aromatic nitrogens is 2. The van der Waals surface area contributed by atoms with E-state index in [4.69, 9.17) is 14.2 Å². The first-order chi connectivity index (χ1) is 26.8. The van der Waals surface area contributed by atoms with Gasteiger partial charge in [0.1, 0.15) is 40.3 Å². The van der Waals surface area contributed by atoms with Crippen molar-refractivity contribution >= 4 is 28.5 Å². The topological polar surface area (TPSA) is 104 Å². The summed E-state index contributed by atoms with van der Waals surface area (Å²) >= 11 is 0. The van der Waals surface area contributed by atoms with E-state index < -0.39 is 40.5 Å². The molecule has 10 nitrogen and oxygen atoms in total. The molecule has 2 saturated heterocycles. The zero-order valence-corrected chi connectivity index (χ0v) is 32.2. The van der Waals surface area contributed by atoms with Crippen LogP contribution in [0.2, 0.25) is 0 Å². The molecule has 0 unspecified atom stereocenters. The van der Waals surface area contributed by atoms with E-state index in [-0.39, 0.29) is 47.5 Å². The monoisotopic (exact) mass is 764 g/mol. The Hall–Kier alpha value is -6.03. The number of benzene rings is 4. The van der Waals surface area contributed by atoms with Crippen LogP contribution >= 0.6 is 0 Å². The van der Waals surface area contributed by atoms with Gasteiger partial charge in [-0.05, 0) is 99.7 Å². The highest BCUT2D eigenvalue weighted by Crippen LogP contribution is 2.41. The van der Waals surface area contributed by atoms with Crippen molar-refractivity contribution in [2.45, 2.75) is 71.3 Å². The fourth-order valence-corrected chi connectivity index (χ4v) is 7.79. The number of rotatable bonds is 9. The van der Waals surface area contributed by atoms with Crippen LogP contribution < -0.4 is 19.3 Å². The van der Waals surface area contributed by atoms with Crippen molar-refractivity contribution in [2.24, 2.45) is 0 Å². The number of amides is 1. The molecule has 2 fully saturated rings. The van der Waals surface area contributed by atoms with Gasteiger partial charge in [0.25, 0.3) is 0 Å². The van der Waals surface area contributed by atoms with Gasteiger partial charge in [0.15, 0.2) is 5.82 Å². The van der Waals surface area contributed by atoms with Gasteiger partial charge in [0.05, 0.1) is 43.1 Å². The van der Waals surface area contributed by atoms with E-state index in [0.717, 1.165) is 17.2 Å². The third-order valence-corrected chi connectivity index (χ3v) is 10.3. The zero-order chi connectivity index (χ0) is 39.9. The van der Waals surface area contributed by atoms with Crippen LogP contribution in [0.15, 0.2) is 66.7 Å². The first-order valence-corrected chi connectivity index (χ1v) is 18.4. The minimum atomic E-state index is -1.18. The summed E-state index contributed by atoms with van der Waals surface area (Å²) in [5, 5.41) is 10.7. The van der Waals surface area contributed by atoms with Gasteiger partial charge in [-0.25, -0.2) is 13.6 Å². The standard InChI is InChI=1S/C43H43F3N6O4/c1-25-17-32(34(20-47)36(18-25)50(21-26-7-13-30(54-5)14-8-26)22-27-9-15-31(55-6)16-10-27)37-35(44)19-33-39(38(37)45)48-41(46)49-40(33)51-23-28-11-12-29(24-51)52(28)42(53)56-43(2,3)4/h7-10,13-19,28-29H,11-12,21-24H2,1-6H3/t28-,29+. The van der Waals surface area contributed by atoms with Gasteiger partial charge < -0.3 is 24.0 Å². The molecule has 0 aliphatic carbocycles. The highest BCUT2D eigenvalue weighted by molar-refractivity contribution is 5.95. The van der Waals surface area contributed by atoms with Crippen LogP contribution in [0.3, 0.4) is 0 Å². The van der Waals surface area contributed by atoms with Crippen LogP contribution in [0.25, 0.3) is 22.0 Å². The van der Waals surface area contributed by atoms with Gasteiger partial charge in [0, 0.05) is 37.1 Å². The van der Waals surface area contributed by atoms with Crippen LogP contribution in [-0.2, 0) is 17.8 Å². The second kappa shape index (κ2) is 15.2. The lowest BCUT2D eigenvalue weighted by Crippen LogP contribution is -2.57. The smallest absolute Gasteiger partial charge is 0.410 e. The Morgan fingerprint density at radius 3 is 1.98 bits per heavy atom. The number of hydrogen-bond acceptors (Lipinski definition) is 9. The quantitative estimate of drug-likeness (QED) is 0.136. The predicted octanol–water partition coefficient (Wildman–Crippen LogP) is 8.71. The molecule has 3 heterocycles. The van der Waals surface area contributed by atoms with E-state index in [0.29, 0.717) is 48.7 Å². The lowest BCUT2D eigenvalue weighted by Gasteiger charge is -2.42. The fourth-order valence-electron chi connectivity index (χ4n) is 7.79. The Morgan fingerprint density at radius 2 is 1.46 bits per heavy atom. The van der Waals surface area contributed by atoms with Gasteiger partial charge in [-0.2, -0.15) is 19.6 Å². The van der Waals surface area contributed by atoms with Crippen LogP contribution in [0.1, 0.15) is 55.9 Å². The van der Waals surface area contributed by atoms with E-state index in [1.54, 1.807) is 57.8 Å².